The Morgan fingerprint density at radius 1 is 0.963 bits per heavy atom. The minimum absolute atomic E-state index is 0.126. The largest absolute Gasteiger partial charge is 0.371 e. The van der Waals surface area contributed by atoms with Gasteiger partial charge in [0.2, 0.25) is 0 Å². The number of ether oxygens (including phenoxy) is 3. The van der Waals surface area contributed by atoms with Crippen LogP contribution in [0.1, 0.15) is 24.0 Å². The lowest BCUT2D eigenvalue weighted by molar-refractivity contribution is -0.153. The Bertz CT molecular complexity index is 679. The topological polar surface area (TPSA) is 44.8 Å². The van der Waals surface area contributed by atoms with Crippen LogP contribution in [0.25, 0.3) is 0 Å². The van der Waals surface area contributed by atoms with Gasteiger partial charge in [-0.15, -0.1) is 0 Å². The number of benzene rings is 2. The van der Waals surface area contributed by atoms with Gasteiger partial charge in [-0.3, -0.25) is 0 Å². The second-order valence-electron chi connectivity index (χ2n) is 6.69. The molecule has 0 unspecified atom stereocenters. The normalized spacial score (nSPS) is 21.7. The summed E-state index contributed by atoms with van der Waals surface area (Å²) in [5, 5.41) is 0. The first-order valence-electron chi connectivity index (χ1n) is 9.28. The highest BCUT2D eigenvalue weighted by Crippen LogP contribution is 2.28. The minimum atomic E-state index is -0.660. The van der Waals surface area contributed by atoms with Gasteiger partial charge in [0.15, 0.2) is 6.29 Å². The Labute approximate surface area is 174 Å². The Morgan fingerprint density at radius 2 is 1.56 bits per heavy atom. The van der Waals surface area contributed by atoms with Crippen LogP contribution >= 0.6 is 22.6 Å². The van der Waals surface area contributed by atoms with E-state index in [1.165, 1.54) is 0 Å². The number of rotatable bonds is 10. The highest BCUT2D eigenvalue weighted by Gasteiger charge is 2.37. The van der Waals surface area contributed by atoms with Crippen molar-refractivity contribution in [1.82, 2.24) is 0 Å². The van der Waals surface area contributed by atoms with Crippen LogP contribution in [0, 0.1) is 0 Å². The first-order valence-corrected chi connectivity index (χ1v) is 10.8. The standard InChI is InChI=1S/C22H25IO4/c23-13-19-11-12-20(27-19)22(26-16-18-9-5-2-6-10-18)21(14-24)25-15-17-7-3-1-4-8-17/h1-10,14,19-22H,11-13,15-16H2/t19-,20-,21+,22+/m1/s1. The van der Waals surface area contributed by atoms with E-state index in [2.05, 4.69) is 22.6 Å². The lowest BCUT2D eigenvalue weighted by Crippen LogP contribution is -2.42. The quantitative estimate of drug-likeness (QED) is 0.289. The van der Waals surface area contributed by atoms with E-state index in [0.29, 0.717) is 13.2 Å². The van der Waals surface area contributed by atoms with Gasteiger partial charge in [0.05, 0.1) is 25.4 Å². The van der Waals surface area contributed by atoms with E-state index in [1.54, 1.807) is 0 Å². The van der Waals surface area contributed by atoms with Crippen molar-refractivity contribution in [2.75, 3.05) is 4.43 Å². The van der Waals surface area contributed by atoms with Crippen molar-refractivity contribution < 1.29 is 19.0 Å². The summed E-state index contributed by atoms with van der Waals surface area (Å²) >= 11 is 2.34. The molecule has 1 fully saturated rings. The van der Waals surface area contributed by atoms with Gasteiger partial charge in [-0.05, 0) is 24.0 Å². The number of halogens is 1. The van der Waals surface area contributed by atoms with Crippen LogP contribution < -0.4 is 0 Å². The summed E-state index contributed by atoms with van der Waals surface area (Å²) in [7, 11) is 0. The number of aldehydes is 1. The monoisotopic (exact) mass is 480 g/mol. The maximum atomic E-state index is 11.8. The van der Waals surface area contributed by atoms with E-state index in [0.717, 1.165) is 34.7 Å². The van der Waals surface area contributed by atoms with Crippen molar-refractivity contribution in [2.24, 2.45) is 0 Å². The van der Waals surface area contributed by atoms with E-state index in [4.69, 9.17) is 14.2 Å². The fourth-order valence-electron chi connectivity index (χ4n) is 3.25. The number of carbonyl (C=O) groups is 1. The molecule has 1 heterocycles. The van der Waals surface area contributed by atoms with Crippen LogP contribution in [0.2, 0.25) is 0 Å². The van der Waals surface area contributed by atoms with Crippen LogP contribution in [0.4, 0.5) is 0 Å². The molecule has 0 aliphatic carbocycles. The van der Waals surface area contributed by atoms with E-state index < -0.39 is 12.2 Å². The van der Waals surface area contributed by atoms with Gasteiger partial charge in [-0.1, -0.05) is 83.3 Å². The lowest BCUT2D eigenvalue weighted by atomic mass is 10.0. The fourth-order valence-corrected chi connectivity index (χ4v) is 3.90. The molecule has 144 valence electrons. The summed E-state index contributed by atoms with van der Waals surface area (Å²) in [5.41, 5.74) is 2.10. The molecule has 4 nitrogen and oxygen atoms in total. The number of hydrogen-bond donors (Lipinski definition) is 0. The van der Waals surface area contributed by atoms with E-state index in [9.17, 15) is 4.79 Å². The summed E-state index contributed by atoms with van der Waals surface area (Å²) in [6.07, 6.45) is 1.74. The van der Waals surface area contributed by atoms with Crippen molar-refractivity contribution in [2.45, 2.75) is 50.5 Å². The predicted molar refractivity (Wildman–Crippen MR) is 113 cm³/mol. The van der Waals surface area contributed by atoms with Gasteiger partial charge in [0, 0.05) is 4.43 Å². The van der Waals surface area contributed by atoms with Gasteiger partial charge in [0.1, 0.15) is 12.2 Å². The van der Waals surface area contributed by atoms with E-state index in [-0.39, 0.29) is 12.2 Å². The number of hydrogen-bond acceptors (Lipinski definition) is 4. The molecule has 0 radical (unpaired) electrons. The third kappa shape index (κ3) is 6.10. The summed E-state index contributed by atoms with van der Waals surface area (Å²) in [6, 6.07) is 19.8. The highest BCUT2D eigenvalue weighted by atomic mass is 127. The third-order valence-corrected chi connectivity index (χ3v) is 5.69. The molecule has 0 aromatic heterocycles. The van der Waals surface area contributed by atoms with Crippen LogP contribution in [-0.4, -0.2) is 35.1 Å². The molecular formula is C22H25IO4. The van der Waals surface area contributed by atoms with Crippen molar-refractivity contribution >= 4 is 28.9 Å². The Kier molecular flexibility index (Phi) is 8.26. The smallest absolute Gasteiger partial charge is 0.151 e. The molecule has 2 aromatic carbocycles. The van der Waals surface area contributed by atoms with E-state index in [1.807, 2.05) is 60.7 Å². The summed E-state index contributed by atoms with van der Waals surface area (Å²) in [5.74, 6) is 0. The van der Waals surface area contributed by atoms with Crippen molar-refractivity contribution in [3.8, 4) is 0 Å². The SMILES string of the molecule is O=C[C@H](OCc1ccccc1)[C@@H](OCc1ccccc1)[C@H]1CC[C@H](CI)O1. The van der Waals surface area contributed by atoms with Crippen LogP contribution in [0.5, 0.6) is 0 Å². The molecule has 5 heteroatoms. The first-order chi connectivity index (χ1) is 13.3. The number of alkyl halides is 1. The average molecular weight is 480 g/mol. The Morgan fingerprint density at radius 3 is 2.07 bits per heavy atom. The van der Waals surface area contributed by atoms with Crippen LogP contribution in [0.3, 0.4) is 0 Å². The van der Waals surface area contributed by atoms with Crippen LogP contribution in [-0.2, 0) is 32.2 Å². The molecule has 4 atom stereocenters. The van der Waals surface area contributed by atoms with Gasteiger partial charge in [-0.2, -0.15) is 0 Å². The van der Waals surface area contributed by atoms with Crippen molar-refractivity contribution in [3.63, 3.8) is 0 Å². The third-order valence-electron chi connectivity index (χ3n) is 4.71. The van der Waals surface area contributed by atoms with Gasteiger partial charge < -0.3 is 19.0 Å². The second kappa shape index (κ2) is 10.9. The van der Waals surface area contributed by atoms with Gasteiger partial charge in [-0.25, -0.2) is 0 Å². The molecule has 27 heavy (non-hydrogen) atoms. The zero-order valence-electron chi connectivity index (χ0n) is 15.2. The zero-order chi connectivity index (χ0) is 18.9. The maximum absolute atomic E-state index is 11.8. The maximum Gasteiger partial charge on any atom is 0.151 e. The second-order valence-corrected chi connectivity index (χ2v) is 7.57. The lowest BCUT2D eigenvalue weighted by Gasteiger charge is -2.29. The first kappa shape index (κ1) is 20.5. The molecule has 2 aromatic rings. The molecule has 0 amide bonds. The van der Waals surface area contributed by atoms with E-state index >= 15 is 0 Å². The molecule has 1 saturated heterocycles. The molecule has 1 aliphatic heterocycles. The highest BCUT2D eigenvalue weighted by molar-refractivity contribution is 14.1. The summed E-state index contributed by atoms with van der Waals surface area (Å²) < 4.78 is 19.2. The zero-order valence-corrected chi connectivity index (χ0v) is 17.4. The van der Waals surface area contributed by atoms with Crippen molar-refractivity contribution in [1.29, 1.82) is 0 Å². The molecule has 0 bridgehead atoms. The predicted octanol–water partition coefficient (Wildman–Crippen LogP) is 4.34. The Balaban J connectivity index is 1.67. The summed E-state index contributed by atoms with van der Waals surface area (Å²) in [6.45, 7) is 0.803. The van der Waals surface area contributed by atoms with Gasteiger partial charge >= 0.3 is 0 Å². The summed E-state index contributed by atoms with van der Waals surface area (Å²) in [4.78, 5) is 11.8. The molecule has 1 aliphatic rings. The fraction of sp³-hybridized carbons (Fsp3) is 0.409. The minimum Gasteiger partial charge on any atom is -0.371 e. The molecule has 0 N–H and O–H groups in total. The van der Waals surface area contributed by atoms with Crippen molar-refractivity contribution in [3.05, 3.63) is 71.8 Å². The molecule has 3 rings (SSSR count). The molecular weight excluding hydrogens is 455 g/mol. The Hall–Kier alpha value is -1.28. The van der Waals surface area contributed by atoms with Gasteiger partial charge in [0.25, 0.3) is 0 Å². The average Bonchev–Trinajstić information content (AvgIpc) is 3.21. The number of carbonyl (C=O) groups excluding carboxylic acids is 1. The molecule has 0 saturated carbocycles. The molecule has 0 spiro atoms. The van der Waals surface area contributed by atoms with Crippen LogP contribution in [0.15, 0.2) is 60.7 Å².